The Morgan fingerprint density at radius 2 is 1.96 bits per heavy atom. The SMILES string of the molecule is Cc1cncc(CN2CCC(Cn3nc4c(cc3=O)CCCC4)CC2)n1. The van der Waals surface area contributed by atoms with Gasteiger partial charge in [-0.1, -0.05) is 0 Å². The van der Waals surface area contributed by atoms with Gasteiger partial charge in [0.15, 0.2) is 0 Å². The van der Waals surface area contributed by atoms with E-state index in [1.54, 1.807) is 10.9 Å². The maximum atomic E-state index is 12.4. The fraction of sp³-hybridized carbons (Fsp3) is 0.600. The minimum atomic E-state index is 0.0723. The molecule has 0 radical (unpaired) electrons. The van der Waals surface area contributed by atoms with Gasteiger partial charge in [0.05, 0.1) is 17.1 Å². The van der Waals surface area contributed by atoms with Crippen molar-refractivity contribution in [3.63, 3.8) is 0 Å². The lowest BCUT2D eigenvalue weighted by molar-refractivity contribution is 0.161. The van der Waals surface area contributed by atoms with Crippen molar-refractivity contribution >= 4 is 0 Å². The van der Waals surface area contributed by atoms with Crippen molar-refractivity contribution < 1.29 is 0 Å². The zero-order chi connectivity index (χ0) is 17.9. The number of rotatable bonds is 4. The lowest BCUT2D eigenvalue weighted by atomic mass is 9.95. The first-order valence-corrected chi connectivity index (χ1v) is 9.77. The third kappa shape index (κ3) is 4.01. The third-order valence-corrected chi connectivity index (χ3v) is 5.60. The average molecular weight is 353 g/mol. The molecule has 3 heterocycles. The number of aryl methyl sites for hydroxylation is 3. The van der Waals surface area contributed by atoms with Crippen LogP contribution >= 0.6 is 0 Å². The van der Waals surface area contributed by atoms with Crippen molar-refractivity contribution in [3.05, 3.63) is 51.5 Å². The number of piperidine rings is 1. The molecule has 0 bridgehead atoms. The van der Waals surface area contributed by atoms with E-state index in [0.717, 1.165) is 68.9 Å². The monoisotopic (exact) mass is 353 g/mol. The third-order valence-electron chi connectivity index (χ3n) is 5.60. The van der Waals surface area contributed by atoms with Gasteiger partial charge in [-0.3, -0.25) is 19.7 Å². The largest absolute Gasteiger partial charge is 0.297 e. The van der Waals surface area contributed by atoms with Crippen LogP contribution in [0.2, 0.25) is 0 Å². The highest BCUT2D eigenvalue weighted by molar-refractivity contribution is 5.20. The van der Waals surface area contributed by atoms with Crippen LogP contribution in [0.25, 0.3) is 0 Å². The van der Waals surface area contributed by atoms with E-state index in [1.807, 2.05) is 19.2 Å². The molecular weight excluding hydrogens is 326 g/mol. The molecule has 0 N–H and O–H groups in total. The summed E-state index contributed by atoms with van der Waals surface area (Å²) in [7, 11) is 0. The molecule has 0 atom stereocenters. The Kier molecular flexibility index (Phi) is 5.11. The van der Waals surface area contributed by atoms with Crippen LogP contribution in [0.3, 0.4) is 0 Å². The van der Waals surface area contributed by atoms with E-state index in [0.29, 0.717) is 5.92 Å². The Labute approximate surface area is 154 Å². The normalized spacial score (nSPS) is 18.7. The summed E-state index contributed by atoms with van der Waals surface area (Å²) in [5.74, 6) is 0.529. The summed E-state index contributed by atoms with van der Waals surface area (Å²) in [4.78, 5) is 23.6. The van der Waals surface area contributed by atoms with Gasteiger partial charge in [-0.15, -0.1) is 0 Å². The Morgan fingerprint density at radius 3 is 2.77 bits per heavy atom. The van der Waals surface area contributed by atoms with Gasteiger partial charge >= 0.3 is 0 Å². The Morgan fingerprint density at radius 1 is 1.15 bits per heavy atom. The standard InChI is InChI=1S/C20H27N5O/c1-15-11-21-12-18(22-15)14-24-8-6-16(7-9-24)13-25-20(26)10-17-4-2-3-5-19(17)23-25/h10-12,16H,2-9,13-14H2,1H3. The van der Waals surface area contributed by atoms with Crippen LogP contribution in [-0.2, 0) is 25.9 Å². The van der Waals surface area contributed by atoms with Crippen molar-refractivity contribution in [2.75, 3.05) is 13.1 Å². The first-order valence-electron chi connectivity index (χ1n) is 9.77. The first kappa shape index (κ1) is 17.3. The summed E-state index contributed by atoms with van der Waals surface area (Å²) < 4.78 is 1.72. The van der Waals surface area contributed by atoms with Crippen LogP contribution < -0.4 is 5.56 Å². The molecule has 2 aromatic heterocycles. The minimum Gasteiger partial charge on any atom is -0.297 e. The summed E-state index contributed by atoms with van der Waals surface area (Å²) in [5, 5.41) is 4.68. The van der Waals surface area contributed by atoms with Gasteiger partial charge in [-0.05, 0) is 70.0 Å². The predicted octanol–water partition coefficient (Wildman–Crippen LogP) is 2.13. The summed E-state index contributed by atoms with van der Waals surface area (Å²) in [6.45, 7) is 5.68. The molecule has 0 unspecified atom stereocenters. The molecule has 0 spiro atoms. The number of hydrogen-bond donors (Lipinski definition) is 0. The molecule has 6 heteroatoms. The van der Waals surface area contributed by atoms with Crippen LogP contribution in [0.4, 0.5) is 0 Å². The molecule has 138 valence electrons. The van der Waals surface area contributed by atoms with Crippen molar-refractivity contribution in [2.24, 2.45) is 5.92 Å². The fourth-order valence-corrected chi connectivity index (χ4v) is 4.12. The Bertz CT molecular complexity index is 823. The second-order valence-corrected chi connectivity index (χ2v) is 7.72. The van der Waals surface area contributed by atoms with Gasteiger partial charge in [0, 0.05) is 31.5 Å². The lowest BCUT2D eigenvalue weighted by Crippen LogP contribution is -2.37. The summed E-state index contributed by atoms with van der Waals surface area (Å²) in [6, 6.07) is 1.83. The van der Waals surface area contributed by atoms with Gasteiger partial charge in [0.25, 0.3) is 5.56 Å². The first-order chi connectivity index (χ1) is 12.7. The molecule has 26 heavy (non-hydrogen) atoms. The van der Waals surface area contributed by atoms with E-state index in [-0.39, 0.29) is 5.56 Å². The fourth-order valence-electron chi connectivity index (χ4n) is 4.12. The number of fused-ring (bicyclic) bond motifs is 1. The molecular formula is C20H27N5O. The van der Waals surface area contributed by atoms with E-state index >= 15 is 0 Å². The van der Waals surface area contributed by atoms with Crippen molar-refractivity contribution in [3.8, 4) is 0 Å². The predicted molar refractivity (Wildman–Crippen MR) is 99.9 cm³/mol. The van der Waals surface area contributed by atoms with Crippen molar-refractivity contribution in [1.29, 1.82) is 0 Å². The molecule has 1 fully saturated rings. The van der Waals surface area contributed by atoms with Gasteiger partial charge in [-0.25, -0.2) is 4.68 Å². The highest BCUT2D eigenvalue weighted by atomic mass is 16.1. The van der Waals surface area contributed by atoms with Gasteiger partial charge in [0.2, 0.25) is 0 Å². The molecule has 1 aliphatic carbocycles. The van der Waals surface area contributed by atoms with Gasteiger partial charge < -0.3 is 0 Å². The van der Waals surface area contributed by atoms with Crippen molar-refractivity contribution in [2.45, 2.75) is 58.5 Å². The second-order valence-electron chi connectivity index (χ2n) is 7.72. The molecule has 1 saturated heterocycles. The van der Waals surface area contributed by atoms with E-state index in [4.69, 9.17) is 0 Å². The number of likely N-dealkylation sites (tertiary alicyclic amines) is 1. The second kappa shape index (κ2) is 7.66. The Hall–Kier alpha value is -2.08. The summed E-state index contributed by atoms with van der Waals surface area (Å²) >= 11 is 0. The van der Waals surface area contributed by atoms with E-state index in [1.165, 1.54) is 18.4 Å². The van der Waals surface area contributed by atoms with E-state index in [2.05, 4.69) is 20.0 Å². The molecule has 2 aromatic rings. The zero-order valence-electron chi connectivity index (χ0n) is 15.5. The lowest BCUT2D eigenvalue weighted by Gasteiger charge is -2.31. The van der Waals surface area contributed by atoms with Crippen LogP contribution in [0, 0.1) is 12.8 Å². The molecule has 4 rings (SSSR count). The maximum Gasteiger partial charge on any atom is 0.267 e. The van der Waals surface area contributed by atoms with Crippen LogP contribution in [-0.4, -0.2) is 37.7 Å². The molecule has 0 saturated carbocycles. The molecule has 0 aromatic carbocycles. The van der Waals surface area contributed by atoms with Crippen LogP contribution in [0.5, 0.6) is 0 Å². The van der Waals surface area contributed by atoms with Crippen LogP contribution in [0.15, 0.2) is 23.3 Å². The summed E-state index contributed by atoms with van der Waals surface area (Å²) in [6.07, 6.45) is 10.3. The van der Waals surface area contributed by atoms with E-state index < -0.39 is 0 Å². The summed E-state index contributed by atoms with van der Waals surface area (Å²) in [5.41, 5.74) is 4.40. The topological polar surface area (TPSA) is 63.9 Å². The number of aromatic nitrogens is 4. The molecule has 6 nitrogen and oxygen atoms in total. The van der Waals surface area contributed by atoms with E-state index in [9.17, 15) is 4.79 Å². The number of hydrogen-bond acceptors (Lipinski definition) is 5. The highest BCUT2D eigenvalue weighted by Gasteiger charge is 2.22. The highest BCUT2D eigenvalue weighted by Crippen LogP contribution is 2.21. The van der Waals surface area contributed by atoms with Gasteiger partial charge in [-0.2, -0.15) is 5.10 Å². The molecule has 0 amide bonds. The molecule has 1 aliphatic heterocycles. The Balaban J connectivity index is 1.35. The smallest absolute Gasteiger partial charge is 0.267 e. The quantitative estimate of drug-likeness (QED) is 0.843. The zero-order valence-corrected chi connectivity index (χ0v) is 15.5. The molecule has 2 aliphatic rings. The van der Waals surface area contributed by atoms with Gasteiger partial charge in [0.1, 0.15) is 0 Å². The van der Waals surface area contributed by atoms with Crippen molar-refractivity contribution in [1.82, 2.24) is 24.6 Å². The minimum absolute atomic E-state index is 0.0723. The van der Waals surface area contributed by atoms with Crippen LogP contribution in [0.1, 0.15) is 48.3 Å². The maximum absolute atomic E-state index is 12.4. The number of nitrogens with zero attached hydrogens (tertiary/aromatic N) is 5. The average Bonchev–Trinajstić information content (AvgIpc) is 2.64.